The SMILES string of the molecule is COC(=O)c1nc(C(=O)OC)c(N)c(-c2ccccc2Br)c1C. The second kappa shape index (κ2) is 6.78. The predicted octanol–water partition coefficient (Wildman–Crippen LogP) is 2.97. The van der Waals surface area contributed by atoms with Gasteiger partial charge < -0.3 is 15.2 Å². The van der Waals surface area contributed by atoms with Crippen LogP contribution >= 0.6 is 15.9 Å². The van der Waals surface area contributed by atoms with Gasteiger partial charge in [-0.25, -0.2) is 14.6 Å². The lowest BCUT2D eigenvalue weighted by Crippen LogP contribution is -2.17. The number of carbonyl (C=O) groups excluding carboxylic acids is 2. The van der Waals surface area contributed by atoms with E-state index in [1.807, 2.05) is 24.3 Å². The van der Waals surface area contributed by atoms with E-state index >= 15 is 0 Å². The van der Waals surface area contributed by atoms with Gasteiger partial charge in [0.1, 0.15) is 0 Å². The summed E-state index contributed by atoms with van der Waals surface area (Å²) in [6, 6.07) is 7.34. The molecule has 1 aromatic heterocycles. The van der Waals surface area contributed by atoms with Crippen LogP contribution < -0.4 is 5.73 Å². The number of nitrogens with two attached hydrogens (primary N) is 1. The lowest BCUT2D eigenvalue weighted by Gasteiger charge is -2.16. The maximum absolute atomic E-state index is 12.0. The van der Waals surface area contributed by atoms with Gasteiger partial charge >= 0.3 is 11.9 Å². The molecule has 2 rings (SSSR count). The molecule has 0 saturated carbocycles. The molecular formula is C16H15BrN2O4. The number of nitrogens with zero attached hydrogens (tertiary/aromatic N) is 1. The summed E-state index contributed by atoms with van der Waals surface area (Å²) in [6.07, 6.45) is 0. The van der Waals surface area contributed by atoms with Crippen LogP contribution in [0.4, 0.5) is 5.69 Å². The number of anilines is 1. The molecule has 0 aliphatic rings. The summed E-state index contributed by atoms with van der Waals surface area (Å²) >= 11 is 3.45. The van der Waals surface area contributed by atoms with Crippen LogP contribution in [0.1, 0.15) is 26.5 Å². The predicted molar refractivity (Wildman–Crippen MR) is 89.2 cm³/mol. The first-order chi connectivity index (χ1) is 10.9. The van der Waals surface area contributed by atoms with Crippen molar-refractivity contribution in [3.8, 4) is 11.1 Å². The molecule has 0 fully saturated rings. The summed E-state index contributed by atoms with van der Waals surface area (Å²) in [5.74, 6) is -1.37. The number of pyridine rings is 1. The topological polar surface area (TPSA) is 91.5 Å². The number of carbonyl (C=O) groups is 2. The number of nitrogen functional groups attached to an aromatic ring is 1. The smallest absolute Gasteiger partial charge is 0.358 e. The summed E-state index contributed by atoms with van der Waals surface area (Å²) in [5.41, 5.74) is 7.98. The molecule has 0 aliphatic heterocycles. The van der Waals surface area contributed by atoms with Gasteiger partial charge in [-0.3, -0.25) is 0 Å². The average Bonchev–Trinajstić information content (AvgIpc) is 2.55. The largest absolute Gasteiger partial charge is 0.464 e. The zero-order chi connectivity index (χ0) is 17.1. The Morgan fingerprint density at radius 1 is 1.09 bits per heavy atom. The third kappa shape index (κ3) is 3.05. The Hall–Kier alpha value is -2.41. The summed E-state index contributed by atoms with van der Waals surface area (Å²) in [6.45, 7) is 1.70. The summed E-state index contributed by atoms with van der Waals surface area (Å²) in [5, 5.41) is 0. The molecule has 0 aliphatic carbocycles. The molecule has 0 saturated heterocycles. The van der Waals surface area contributed by atoms with E-state index in [1.54, 1.807) is 6.92 Å². The second-order valence-electron chi connectivity index (χ2n) is 4.69. The summed E-state index contributed by atoms with van der Waals surface area (Å²) < 4.78 is 10.2. The number of ether oxygens (including phenoxy) is 2. The van der Waals surface area contributed by atoms with Crippen molar-refractivity contribution >= 4 is 33.6 Å². The Balaban J connectivity index is 2.87. The molecule has 0 unspecified atom stereocenters. The second-order valence-corrected chi connectivity index (χ2v) is 5.54. The maximum atomic E-state index is 12.0. The first kappa shape index (κ1) is 17.0. The number of aromatic nitrogens is 1. The molecule has 7 heteroatoms. The average molecular weight is 379 g/mol. The minimum absolute atomic E-state index is 0.0212. The zero-order valence-electron chi connectivity index (χ0n) is 12.8. The van der Waals surface area contributed by atoms with Crippen molar-refractivity contribution in [3.63, 3.8) is 0 Å². The molecule has 120 valence electrons. The number of hydrogen-bond donors (Lipinski definition) is 1. The van der Waals surface area contributed by atoms with E-state index in [-0.39, 0.29) is 17.1 Å². The van der Waals surface area contributed by atoms with Crippen LogP contribution in [0, 0.1) is 6.92 Å². The fraction of sp³-hybridized carbons (Fsp3) is 0.188. The van der Waals surface area contributed by atoms with Crippen LogP contribution in [0.15, 0.2) is 28.7 Å². The molecule has 0 spiro atoms. The fourth-order valence-electron chi connectivity index (χ4n) is 2.25. The van der Waals surface area contributed by atoms with Gasteiger partial charge in [0.15, 0.2) is 11.4 Å². The zero-order valence-corrected chi connectivity index (χ0v) is 14.4. The van der Waals surface area contributed by atoms with Crippen molar-refractivity contribution in [3.05, 3.63) is 45.7 Å². The highest BCUT2D eigenvalue weighted by atomic mass is 79.9. The first-order valence-corrected chi connectivity index (χ1v) is 7.43. The van der Waals surface area contributed by atoms with Crippen molar-refractivity contribution in [2.24, 2.45) is 0 Å². The molecule has 0 amide bonds. The van der Waals surface area contributed by atoms with Gasteiger partial charge in [-0.05, 0) is 24.1 Å². The van der Waals surface area contributed by atoms with Crippen molar-refractivity contribution in [2.45, 2.75) is 6.92 Å². The number of esters is 2. The van der Waals surface area contributed by atoms with Crippen molar-refractivity contribution < 1.29 is 19.1 Å². The Morgan fingerprint density at radius 2 is 1.65 bits per heavy atom. The Labute approximate surface area is 141 Å². The van der Waals surface area contributed by atoms with Gasteiger partial charge in [0, 0.05) is 10.0 Å². The van der Waals surface area contributed by atoms with Crippen LogP contribution in [0.5, 0.6) is 0 Å². The van der Waals surface area contributed by atoms with Crippen LogP contribution in [0.3, 0.4) is 0 Å². The monoisotopic (exact) mass is 378 g/mol. The molecule has 6 nitrogen and oxygen atoms in total. The molecule has 23 heavy (non-hydrogen) atoms. The summed E-state index contributed by atoms with van der Waals surface area (Å²) in [4.78, 5) is 28.0. The van der Waals surface area contributed by atoms with E-state index in [0.29, 0.717) is 11.1 Å². The van der Waals surface area contributed by atoms with Gasteiger partial charge in [0.05, 0.1) is 19.9 Å². The molecule has 1 aromatic carbocycles. The van der Waals surface area contributed by atoms with E-state index in [1.165, 1.54) is 14.2 Å². The van der Waals surface area contributed by atoms with E-state index in [2.05, 4.69) is 20.9 Å². The van der Waals surface area contributed by atoms with E-state index in [0.717, 1.165) is 10.0 Å². The van der Waals surface area contributed by atoms with Crippen molar-refractivity contribution in [1.29, 1.82) is 0 Å². The number of methoxy groups -OCH3 is 2. The number of benzene rings is 1. The first-order valence-electron chi connectivity index (χ1n) is 6.64. The van der Waals surface area contributed by atoms with Gasteiger partial charge in [0.2, 0.25) is 0 Å². The number of rotatable bonds is 3. The minimum Gasteiger partial charge on any atom is -0.464 e. The Bertz CT molecular complexity index is 750. The van der Waals surface area contributed by atoms with Gasteiger partial charge in [-0.1, -0.05) is 34.1 Å². The summed E-state index contributed by atoms with van der Waals surface area (Å²) in [7, 11) is 2.47. The Kier molecular flexibility index (Phi) is 5.00. The normalized spacial score (nSPS) is 10.3. The highest BCUT2D eigenvalue weighted by Gasteiger charge is 2.25. The number of hydrogen-bond acceptors (Lipinski definition) is 6. The number of halogens is 1. The molecule has 1 heterocycles. The highest BCUT2D eigenvalue weighted by Crippen LogP contribution is 2.37. The van der Waals surface area contributed by atoms with E-state index in [9.17, 15) is 9.59 Å². The molecule has 0 atom stereocenters. The van der Waals surface area contributed by atoms with Crippen molar-refractivity contribution in [1.82, 2.24) is 4.98 Å². The van der Waals surface area contributed by atoms with Crippen molar-refractivity contribution in [2.75, 3.05) is 20.0 Å². The molecule has 0 radical (unpaired) electrons. The van der Waals surface area contributed by atoms with Gasteiger partial charge in [-0.15, -0.1) is 0 Å². The fourth-order valence-corrected chi connectivity index (χ4v) is 2.74. The lowest BCUT2D eigenvalue weighted by molar-refractivity contribution is 0.0586. The highest BCUT2D eigenvalue weighted by molar-refractivity contribution is 9.10. The molecular weight excluding hydrogens is 364 g/mol. The minimum atomic E-state index is -0.721. The Morgan fingerprint density at radius 3 is 2.22 bits per heavy atom. The molecule has 0 bridgehead atoms. The molecule has 2 N–H and O–H groups in total. The third-order valence-electron chi connectivity index (χ3n) is 3.38. The van der Waals surface area contributed by atoms with Crippen LogP contribution in [0.25, 0.3) is 11.1 Å². The lowest BCUT2D eigenvalue weighted by atomic mass is 9.96. The van der Waals surface area contributed by atoms with Gasteiger partial charge in [0.25, 0.3) is 0 Å². The standard InChI is InChI=1S/C16H15BrN2O4/c1-8-11(9-6-4-5-7-10(9)17)12(18)14(16(21)23-3)19-13(8)15(20)22-2/h4-7H,18H2,1-3H3. The van der Waals surface area contributed by atoms with Crippen LogP contribution in [0.2, 0.25) is 0 Å². The van der Waals surface area contributed by atoms with E-state index < -0.39 is 11.9 Å². The maximum Gasteiger partial charge on any atom is 0.358 e. The molecule has 2 aromatic rings. The third-order valence-corrected chi connectivity index (χ3v) is 4.07. The van der Waals surface area contributed by atoms with Gasteiger partial charge in [-0.2, -0.15) is 0 Å². The quantitative estimate of drug-likeness (QED) is 0.825. The van der Waals surface area contributed by atoms with E-state index in [4.69, 9.17) is 15.2 Å². The van der Waals surface area contributed by atoms with Crippen LogP contribution in [-0.4, -0.2) is 31.1 Å². The van der Waals surface area contributed by atoms with Crippen LogP contribution in [-0.2, 0) is 9.47 Å².